The van der Waals surface area contributed by atoms with Crippen LogP contribution in [-0.4, -0.2) is 18.6 Å². The van der Waals surface area contributed by atoms with Gasteiger partial charge in [-0.25, -0.2) is 0 Å². The van der Waals surface area contributed by atoms with Crippen molar-refractivity contribution >= 4 is 17.3 Å². The number of anilines is 2. The highest BCUT2D eigenvalue weighted by molar-refractivity contribution is 6.00. The number of rotatable bonds is 3. The Labute approximate surface area is 130 Å². The lowest BCUT2D eigenvalue weighted by atomic mass is 10.0. The first-order valence-electron chi connectivity index (χ1n) is 7.52. The zero-order chi connectivity index (χ0) is 15.7. The van der Waals surface area contributed by atoms with E-state index in [0.717, 1.165) is 11.3 Å². The first-order chi connectivity index (χ1) is 10.6. The molecule has 2 N–H and O–H groups in total. The zero-order valence-electron chi connectivity index (χ0n) is 12.9. The standard InChI is InChI=1S/C18H20N2O2/c1-3-20-15-11-14(19)8-9-16(15)22-17(18(20)21)10-13-7-5-4-6-12(13)2/h4-9,11,17H,3,10,19H2,1-2H3. The summed E-state index contributed by atoms with van der Waals surface area (Å²) in [5, 5.41) is 0. The van der Waals surface area contributed by atoms with Crippen LogP contribution in [0.1, 0.15) is 18.1 Å². The van der Waals surface area contributed by atoms with Crippen LogP contribution in [0.15, 0.2) is 42.5 Å². The van der Waals surface area contributed by atoms with Gasteiger partial charge in [0.1, 0.15) is 5.75 Å². The lowest BCUT2D eigenvalue weighted by molar-refractivity contribution is -0.126. The van der Waals surface area contributed by atoms with E-state index in [1.54, 1.807) is 17.0 Å². The van der Waals surface area contributed by atoms with E-state index in [9.17, 15) is 4.79 Å². The van der Waals surface area contributed by atoms with Crippen molar-refractivity contribution in [3.8, 4) is 5.75 Å². The average Bonchev–Trinajstić information content (AvgIpc) is 2.51. The molecule has 4 heteroatoms. The van der Waals surface area contributed by atoms with Gasteiger partial charge in [-0.2, -0.15) is 0 Å². The molecule has 0 aliphatic carbocycles. The molecule has 0 saturated heterocycles. The molecule has 1 amide bonds. The number of fused-ring (bicyclic) bond motifs is 1. The van der Waals surface area contributed by atoms with Crippen LogP contribution < -0.4 is 15.4 Å². The molecular formula is C18H20N2O2. The van der Waals surface area contributed by atoms with Gasteiger partial charge in [0.2, 0.25) is 0 Å². The van der Waals surface area contributed by atoms with Crippen LogP contribution >= 0.6 is 0 Å². The van der Waals surface area contributed by atoms with Crippen molar-refractivity contribution in [1.29, 1.82) is 0 Å². The molecule has 1 unspecified atom stereocenters. The minimum absolute atomic E-state index is 0.0103. The van der Waals surface area contributed by atoms with Crippen molar-refractivity contribution in [1.82, 2.24) is 0 Å². The van der Waals surface area contributed by atoms with Gasteiger partial charge in [-0.05, 0) is 43.2 Å². The Hall–Kier alpha value is -2.49. The van der Waals surface area contributed by atoms with E-state index < -0.39 is 6.10 Å². The second-order valence-electron chi connectivity index (χ2n) is 5.55. The van der Waals surface area contributed by atoms with E-state index in [2.05, 4.69) is 13.0 Å². The van der Waals surface area contributed by atoms with Gasteiger partial charge in [0.25, 0.3) is 5.91 Å². The Morgan fingerprint density at radius 3 is 2.73 bits per heavy atom. The topological polar surface area (TPSA) is 55.6 Å². The van der Waals surface area contributed by atoms with Crippen molar-refractivity contribution in [2.45, 2.75) is 26.4 Å². The third kappa shape index (κ3) is 2.52. The third-order valence-corrected chi connectivity index (χ3v) is 4.07. The lowest BCUT2D eigenvalue weighted by Gasteiger charge is -2.34. The molecule has 4 nitrogen and oxygen atoms in total. The molecular weight excluding hydrogens is 276 g/mol. The molecule has 22 heavy (non-hydrogen) atoms. The summed E-state index contributed by atoms with van der Waals surface area (Å²) in [6.07, 6.45) is 0.0865. The number of ether oxygens (including phenoxy) is 1. The van der Waals surface area contributed by atoms with Crippen molar-refractivity contribution in [3.05, 3.63) is 53.6 Å². The quantitative estimate of drug-likeness (QED) is 0.886. The summed E-state index contributed by atoms with van der Waals surface area (Å²) in [4.78, 5) is 14.5. The predicted molar refractivity (Wildman–Crippen MR) is 88.2 cm³/mol. The molecule has 114 valence electrons. The normalized spacial score (nSPS) is 17.1. The monoisotopic (exact) mass is 296 g/mol. The van der Waals surface area contributed by atoms with E-state index >= 15 is 0 Å². The molecule has 1 aliphatic heterocycles. The number of hydrogen-bond acceptors (Lipinski definition) is 3. The SMILES string of the molecule is CCN1C(=O)C(Cc2ccccc2C)Oc2ccc(N)cc21. The van der Waals surface area contributed by atoms with Crippen molar-refractivity contribution in [3.63, 3.8) is 0 Å². The van der Waals surface area contributed by atoms with Crippen LogP contribution in [-0.2, 0) is 11.2 Å². The molecule has 1 heterocycles. The van der Waals surface area contributed by atoms with E-state index in [-0.39, 0.29) is 5.91 Å². The highest BCUT2D eigenvalue weighted by Crippen LogP contribution is 2.36. The molecule has 0 spiro atoms. The largest absolute Gasteiger partial charge is 0.478 e. The maximum absolute atomic E-state index is 12.7. The molecule has 0 aromatic heterocycles. The fourth-order valence-electron chi connectivity index (χ4n) is 2.84. The number of aryl methyl sites for hydroxylation is 1. The van der Waals surface area contributed by atoms with Gasteiger partial charge in [-0.1, -0.05) is 24.3 Å². The number of benzene rings is 2. The molecule has 1 aliphatic rings. The van der Waals surface area contributed by atoms with Gasteiger partial charge in [0.05, 0.1) is 5.69 Å². The van der Waals surface area contributed by atoms with Crippen molar-refractivity contribution in [2.75, 3.05) is 17.2 Å². The molecule has 2 aromatic rings. The van der Waals surface area contributed by atoms with Gasteiger partial charge in [-0.3, -0.25) is 4.79 Å². The molecule has 3 rings (SSSR count). The van der Waals surface area contributed by atoms with Gasteiger partial charge >= 0.3 is 0 Å². The Morgan fingerprint density at radius 2 is 2.00 bits per heavy atom. The third-order valence-electron chi connectivity index (χ3n) is 4.07. The highest BCUT2D eigenvalue weighted by atomic mass is 16.5. The Morgan fingerprint density at radius 1 is 1.23 bits per heavy atom. The van der Waals surface area contributed by atoms with Crippen LogP contribution in [0, 0.1) is 6.92 Å². The second-order valence-corrected chi connectivity index (χ2v) is 5.55. The number of amides is 1. The number of hydrogen-bond donors (Lipinski definition) is 1. The molecule has 1 atom stereocenters. The number of nitrogens with zero attached hydrogens (tertiary/aromatic N) is 1. The summed E-state index contributed by atoms with van der Waals surface area (Å²) < 4.78 is 5.94. The smallest absolute Gasteiger partial charge is 0.268 e. The first kappa shape index (κ1) is 14.4. The summed E-state index contributed by atoms with van der Waals surface area (Å²) in [7, 11) is 0. The van der Waals surface area contributed by atoms with Gasteiger partial charge < -0.3 is 15.4 Å². The highest BCUT2D eigenvalue weighted by Gasteiger charge is 2.33. The van der Waals surface area contributed by atoms with Gasteiger partial charge in [0.15, 0.2) is 6.10 Å². The molecule has 0 fully saturated rings. The number of nitrogen functional groups attached to an aromatic ring is 1. The van der Waals surface area contributed by atoms with E-state index in [4.69, 9.17) is 10.5 Å². The summed E-state index contributed by atoms with van der Waals surface area (Å²) in [6.45, 7) is 4.61. The summed E-state index contributed by atoms with van der Waals surface area (Å²) in [5.41, 5.74) is 9.52. The van der Waals surface area contributed by atoms with Crippen molar-refractivity contribution < 1.29 is 9.53 Å². The fraction of sp³-hybridized carbons (Fsp3) is 0.278. The minimum Gasteiger partial charge on any atom is -0.478 e. The average molecular weight is 296 g/mol. The summed E-state index contributed by atoms with van der Waals surface area (Å²) in [6, 6.07) is 13.5. The van der Waals surface area contributed by atoms with Gasteiger partial charge in [0, 0.05) is 18.7 Å². The Kier molecular flexibility index (Phi) is 3.75. The number of nitrogens with two attached hydrogens (primary N) is 1. The van der Waals surface area contributed by atoms with Crippen LogP contribution in [0.2, 0.25) is 0 Å². The van der Waals surface area contributed by atoms with Crippen LogP contribution in [0.5, 0.6) is 5.75 Å². The second kappa shape index (κ2) is 5.72. The fourth-order valence-corrected chi connectivity index (χ4v) is 2.84. The molecule has 0 saturated carbocycles. The lowest BCUT2D eigenvalue weighted by Crippen LogP contribution is -2.47. The molecule has 0 bridgehead atoms. The maximum atomic E-state index is 12.7. The summed E-state index contributed by atoms with van der Waals surface area (Å²) >= 11 is 0. The Balaban J connectivity index is 1.93. The number of carbonyl (C=O) groups is 1. The predicted octanol–water partition coefficient (Wildman–Crippen LogP) is 2.93. The minimum atomic E-state index is -0.489. The Bertz CT molecular complexity index is 712. The van der Waals surface area contributed by atoms with E-state index in [0.29, 0.717) is 24.4 Å². The first-order valence-corrected chi connectivity index (χ1v) is 7.52. The van der Waals surface area contributed by atoms with Gasteiger partial charge in [-0.15, -0.1) is 0 Å². The maximum Gasteiger partial charge on any atom is 0.268 e. The number of carbonyl (C=O) groups excluding carboxylic acids is 1. The molecule has 0 radical (unpaired) electrons. The number of likely N-dealkylation sites (N-methyl/N-ethyl adjacent to an activating group) is 1. The van der Waals surface area contributed by atoms with Crippen LogP contribution in [0.4, 0.5) is 11.4 Å². The van der Waals surface area contributed by atoms with Crippen molar-refractivity contribution in [2.24, 2.45) is 0 Å². The summed E-state index contributed by atoms with van der Waals surface area (Å²) in [5.74, 6) is 0.707. The van der Waals surface area contributed by atoms with Crippen LogP contribution in [0.25, 0.3) is 0 Å². The van der Waals surface area contributed by atoms with E-state index in [1.807, 2.05) is 31.2 Å². The van der Waals surface area contributed by atoms with Crippen LogP contribution in [0.3, 0.4) is 0 Å². The molecule has 2 aromatic carbocycles. The van der Waals surface area contributed by atoms with E-state index in [1.165, 1.54) is 5.56 Å². The zero-order valence-corrected chi connectivity index (χ0v) is 12.9.